The summed E-state index contributed by atoms with van der Waals surface area (Å²) >= 11 is 6.01. The van der Waals surface area contributed by atoms with Crippen molar-refractivity contribution >= 4 is 28.6 Å². The average Bonchev–Trinajstić information content (AvgIpc) is 2.35. The van der Waals surface area contributed by atoms with Crippen LogP contribution in [0.25, 0.3) is 17.0 Å². The van der Waals surface area contributed by atoms with Crippen LogP contribution in [0.5, 0.6) is 5.75 Å². The highest BCUT2D eigenvalue weighted by Crippen LogP contribution is 2.24. The first-order valence-electron chi connectivity index (χ1n) is 4.95. The van der Waals surface area contributed by atoms with Crippen LogP contribution in [0.15, 0.2) is 30.3 Å². The van der Waals surface area contributed by atoms with Crippen LogP contribution in [0.1, 0.15) is 5.56 Å². The SMILES string of the molecule is COc1ccc2nc(Cl)c(C=CC#N)cc2c1. The fraction of sp³-hybridized carbons (Fsp3) is 0.0769. The molecule has 0 N–H and O–H groups in total. The number of rotatable bonds is 2. The van der Waals surface area contributed by atoms with E-state index in [1.807, 2.05) is 30.3 Å². The van der Waals surface area contributed by atoms with Gasteiger partial charge in [-0.25, -0.2) is 4.98 Å². The van der Waals surface area contributed by atoms with Crippen LogP contribution in [0.4, 0.5) is 0 Å². The van der Waals surface area contributed by atoms with Crippen LogP contribution in [0.3, 0.4) is 0 Å². The summed E-state index contributed by atoms with van der Waals surface area (Å²) in [5.74, 6) is 0.761. The number of nitrogens with zero attached hydrogens (tertiary/aromatic N) is 2. The smallest absolute Gasteiger partial charge is 0.137 e. The van der Waals surface area contributed by atoms with E-state index in [-0.39, 0.29) is 0 Å². The number of fused-ring (bicyclic) bond motifs is 1. The maximum absolute atomic E-state index is 8.49. The molecule has 84 valence electrons. The van der Waals surface area contributed by atoms with Crippen LogP contribution in [-0.2, 0) is 0 Å². The Hall–Kier alpha value is -2.05. The Kier molecular flexibility index (Phi) is 3.27. The summed E-state index contributed by atoms with van der Waals surface area (Å²) in [6.07, 6.45) is 3.00. The number of aromatic nitrogens is 1. The summed E-state index contributed by atoms with van der Waals surface area (Å²) in [6.45, 7) is 0. The van der Waals surface area contributed by atoms with Crippen LogP contribution in [0, 0.1) is 11.3 Å². The molecule has 0 fully saturated rings. The zero-order valence-corrected chi connectivity index (χ0v) is 9.90. The highest BCUT2D eigenvalue weighted by molar-refractivity contribution is 6.31. The zero-order valence-electron chi connectivity index (χ0n) is 9.14. The minimum Gasteiger partial charge on any atom is -0.497 e. The molecule has 0 aliphatic rings. The third-order valence-electron chi connectivity index (χ3n) is 2.34. The molecular formula is C13H9ClN2O. The summed E-state index contributed by atoms with van der Waals surface area (Å²) in [7, 11) is 1.61. The van der Waals surface area contributed by atoms with Crippen molar-refractivity contribution < 1.29 is 4.74 Å². The monoisotopic (exact) mass is 244 g/mol. The third kappa shape index (κ3) is 2.38. The highest BCUT2D eigenvalue weighted by atomic mass is 35.5. The number of allylic oxidation sites excluding steroid dienone is 1. The fourth-order valence-electron chi connectivity index (χ4n) is 1.52. The van der Waals surface area contributed by atoms with Crippen molar-refractivity contribution in [3.63, 3.8) is 0 Å². The molecule has 0 aliphatic carbocycles. The normalized spacial score (nSPS) is 10.6. The number of ether oxygens (including phenoxy) is 1. The lowest BCUT2D eigenvalue weighted by atomic mass is 10.1. The first kappa shape index (κ1) is 11.4. The van der Waals surface area contributed by atoms with Crippen LogP contribution < -0.4 is 4.74 Å². The van der Waals surface area contributed by atoms with Gasteiger partial charge in [0.25, 0.3) is 0 Å². The molecule has 1 aromatic heterocycles. The summed E-state index contributed by atoms with van der Waals surface area (Å²) in [5.41, 5.74) is 1.51. The first-order chi connectivity index (χ1) is 8.24. The van der Waals surface area contributed by atoms with E-state index in [2.05, 4.69) is 4.98 Å². The van der Waals surface area contributed by atoms with Crippen molar-refractivity contribution in [3.05, 3.63) is 41.1 Å². The number of benzene rings is 1. The van der Waals surface area contributed by atoms with E-state index in [0.717, 1.165) is 16.7 Å². The van der Waals surface area contributed by atoms with E-state index < -0.39 is 0 Å². The topological polar surface area (TPSA) is 45.9 Å². The van der Waals surface area contributed by atoms with Crippen molar-refractivity contribution in [3.8, 4) is 11.8 Å². The van der Waals surface area contributed by atoms with Gasteiger partial charge in [0.05, 0.1) is 18.7 Å². The predicted octanol–water partition coefficient (Wildman–Crippen LogP) is 3.43. The van der Waals surface area contributed by atoms with Crippen molar-refractivity contribution in [1.82, 2.24) is 4.98 Å². The van der Waals surface area contributed by atoms with Gasteiger partial charge in [0.2, 0.25) is 0 Å². The van der Waals surface area contributed by atoms with Gasteiger partial charge in [-0.15, -0.1) is 0 Å². The maximum atomic E-state index is 8.49. The number of halogens is 1. The number of pyridine rings is 1. The molecule has 0 unspecified atom stereocenters. The van der Waals surface area contributed by atoms with Gasteiger partial charge in [0, 0.05) is 17.0 Å². The minimum atomic E-state index is 0.383. The van der Waals surface area contributed by atoms with Gasteiger partial charge in [0.15, 0.2) is 0 Å². The Balaban J connectivity index is 2.60. The molecule has 0 bridgehead atoms. The summed E-state index contributed by atoms with van der Waals surface area (Å²) < 4.78 is 5.14. The second kappa shape index (κ2) is 4.86. The standard InChI is InChI=1S/C13H9ClN2O/c1-17-11-4-5-12-10(8-11)7-9(3-2-6-15)13(14)16-12/h2-5,7-8H,1H3. The number of hydrogen-bond donors (Lipinski definition) is 0. The van der Waals surface area contributed by atoms with Gasteiger partial charge < -0.3 is 4.74 Å². The number of hydrogen-bond acceptors (Lipinski definition) is 3. The number of nitriles is 1. The molecule has 1 heterocycles. The van der Waals surface area contributed by atoms with Crippen LogP contribution >= 0.6 is 11.6 Å². The van der Waals surface area contributed by atoms with Crippen LogP contribution in [-0.4, -0.2) is 12.1 Å². The average molecular weight is 245 g/mol. The summed E-state index contributed by atoms with van der Waals surface area (Å²) in [4.78, 5) is 4.25. The van der Waals surface area contributed by atoms with E-state index in [1.54, 1.807) is 13.2 Å². The largest absolute Gasteiger partial charge is 0.497 e. The third-order valence-corrected chi connectivity index (χ3v) is 2.64. The Labute approximate surface area is 104 Å². The van der Waals surface area contributed by atoms with Crippen molar-refractivity contribution in [1.29, 1.82) is 5.26 Å². The first-order valence-corrected chi connectivity index (χ1v) is 5.33. The second-order valence-corrected chi connectivity index (χ2v) is 3.75. The molecule has 0 atom stereocenters. The molecule has 0 saturated carbocycles. The van der Waals surface area contributed by atoms with Crippen molar-refractivity contribution in [2.45, 2.75) is 0 Å². The van der Waals surface area contributed by atoms with Gasteiger partial charge in [0.1, 0.15) is 10.9 Å². The fourth-order valence-corrected chi connectivity index (χ4v) is 1.73. The van der Waals surface area contributed by atoms with E-state index in [9.17, 15) is 0 Å². The Morgan fingerprint density at radius 2 is 2.24 bits per heavy atom. The lowest BCUT2D eigenvalue weighted by molar-refractivity contribution is 0.415. The van der Waals surface area contributed by atoms with Gasteiger partial charge in [-0.2, -0.15) is 5.26 Å². The molecule has 0 saturated heterocycles. The quantitative estimate of drug-likeness (QED) is 0.601. The molecule has 0 aliphatic heterocycles. The van der Waals surface area contributed by atoms with Crippen molar-refractivity contribution in [2.24, 2.45) is 0 Å². The van der Waals surface area contributed by atoms with Gasteiger partial charge in [-0.3, -0.25) is 0 Å². The minimum absolute atomic E-state index is 0.383. The molecule has 0 amide bonds. The molecular weight excluding hydrogens is 236 g/mol. The Bertz CT molecular complexity index is 629. The van der Waals surface area contributed by atoms with Crippen LogP contribution in [0.2, 0.25) is 5.15 Å². The molecule has 4 heteroatoms. The zero-order chi connectivity index (χ0) is 12.3. The van der Waals surface area contributed by atoms with E-state index in [1.165, 1.54) is 6.08 Å². The second-order valence-electron chi connectivity index (χ2n) is 3.39. The van der Waals surface area contributed by atoms with Gasteiger partial charge in [-0.05, 0) is 30.3 Å². The molecule has 0 spiro atoms. The molecule has 2 aromatic rings. The summed E-state index contributed by atoms with van der Waals surface area (Å²) in [6, 6.07) is 9.35. The lowest BCUT2D eigenvalue weighted by Gasteiger charge is -2.04. The molecule has 17 heavy (non-hydrogen) atoms. The molecule has 0 radical (unpaired) electrons. The lowest BCUT2D eigenvalue weighted by Crippen LogP contribution is -1.87. The van der Waals surface area contributed by atoms with E-state index >= 15 is 0 Å². The molecule has 3 nitrogen and oxygen atoms in total. The van der Waals surface area contributed by atoms with E-state index in [4.69, 9.17) is 21.6 Å². The van der Waals surface area contributed by atoms with E-state index in [0.29, 0.717) is 10.7 Å². The number of methoxy groups -OCH3 is 1. The Morgan fingerprint density at radius 1 is 1.41 bits per heavy atom. The van der Waals surface area contributed by atoms with Gasteiger partial charge in [-0.1, -0.05) is 11.6 Å². The molecule has 1 aromatic carbocycles. The van der Waals surface area contributed by atoms with Gasteiger partial charge >= 0.3 is 0 Å². The Morgan fingerprint density at radius 3 is 2.94 bits per heavy atom. The molecule has 2 rings (SSSR count). The predicted molar refractivity (Wildman–Crippen MR) is 68.0 cm³/mol. The summed E-state index contributed by atoms with van der Waals surface area (Å²) in [5, 5.41) is 9.80. The highest BCUT2D eigenvalue weighted by Gasteiger charge is 2.03. The van der Waals surface area contributed by atoms with Crippen molar-refractivity contribution in [2.75, 3.05) is 7.11 Å². The maximum Gasteiger partial charge on any atom is 0.137 e.